The van der Waals surface area contributed by atoms with Crippen molar-refractivity contribution in [2.45, 2.75) is 46.0 Å². The molecule has 1 aliphatic heterocycles. The van der Waals surface area contributed by atoms with Gasteiger partial charge in [0.15, 0.2) is 0 Å². The Morgan fingerprint density at radius 3 is 2.62 bits per heavy atom. The first-order chi connectivity index (χ1) is 7.46. The molecule has 1 unspecified atom stereocenters. The van der Waals surface area contributed by atoms with Gasteiger partial charge in [0.1, 0.15) is 0 Å². The number of aliphatic carboxylic acids is 1. The van der Waals surface area contributed by atoms with Gasteiger partial charge in [-0.2, -0.15) is 0 Å². The maximum absolute atomic E-state index is 11.7. The van der Waals surface area contributed by atoms with E-state index in [-0.39, 0.29) is 12.4 Å². The lowest BCUT2D eigenvalue weighted by molar-refractivity contribution is -0.147. The van der Waals surface area contributed by atoms with Gasteiger partial charge in [-0.25, -0.2) is 0 Å². The zero-order chi connectivity index (χ0) is 12.2. The molecule has 0 aliphatic carbocycles. The van der Waals surface area contributed by atoms with E-state index in [0.29, 0.717) is 25.4 Å². The predicted molar refractivity (Wildman–Crippen MR) is 59.0 cm³/mol. The number of hydrogen-bond acceptors (Lipinski definition) is 3. The fourth-order valence-electron chi connectivity index (χ4n) is 2.08. The molecule has 4 nitrogen and oxygen atoms in total. The number of hydrogen-bond donors (Lipinski definition) is 1. The molecule has 1 saturated heterocycles. The third-order valence-corrected chi connectivity index (χ3v) is 3.26. The van der Waals surface area contributed by atoms with E-state index in [0.717, 1.165) is 12.8 Å². The van der Waals surface area contributed by atoms with Gasteiger partial charge < -0.3 is 9.84 Å². The minimum absolute atomic E-state index is 0.0488. The number of esters is 1. The van der Waals surface area contributed by atoms with Crippen molar-refractivity contribution in [2.24, 2.45) is 11.3 Å². The lowest BCUT2D eigenvalue weighted by atomic mass is 9.76. The zero-order valence-corrected chi connectivity index (χ0v) is 9.99. The molecular weight excluding hydrogens is 208 g/mol. The monoisotopic (exact) mass is 228 g/mol. The number of carbonyl (C=O) groups is 2. The van der Waals surface area contributed by atoms with E-state index in [4.69, 9.17) is 9.84 Å². The van der Waals surface area contributed by atoms with Gasteiger partial charge in [0.05, 0.1) is 12.0 Å². The van der Waals surface area contributed by atoms with Crippen LogP contribution < -0.4 is 0 Å². The minimum atomic E-state index is -0.844. The first kappa shape index (κ1) is 13.0. The van der Waals surface area contributed by atoms with Crippen LogP contribution >= 0.6 is 0 Å². The molecule has 92 valence electrons. The second-order valence-electron chi connectivity index (χ2n) is 4.99. The van der Waals surface area contributed by atoms with Gasteiger partial charge in [-0.05, 0) is 31.6 Å². The molecule has 0 saturated carbocycles. The largest absolute Gasteiger partial charge is 0.481 e. The maximum atomic E-state index is 11.7. The second-order valence-corrected chi connectivity index (χ2v) is 4.99. The second kappa shape index (κ2) is 5.32. The molecule has 1 aliphatic rings. The van der Waals surface area contributed by atoms with Gasteiger partial charge in [0, 0.05) is 6.42 Å². The van der Waals surface area contributed by atoms with Crippen molar-refractivity contribution in [3.63, 3.8) is 0 Å². The number of rotatable bonds is 6. The summed E-state index contributed by atoms with van der Waals surface area (Å²) < 4.78 is 5.00. The van der Waals surface area contributed by atoms with E-state index in [9.17, 15) is 9.59 Å². The summed E-state index contributed by atoms with van der Waals surface area (Å²) >= 11 is 0. The van der Waals surface area contributed by atoms with Crippen molar-refractivity contribution in [3.8, 4) is 0 Å². The Morgan fingerprint density at radius 2 is 2.19 bits per heavy atom. The van der Waals surface area contributed by atoms with Crippen LogP contribution in [-0.2, 0) is 14.3 Å². The minimum Gasteiger partial charge on any atom is -0.481 e. The fraction of sp³-hybridized carbons (Fsp3) is 0.833. The molecule has 0 radical (unpaired) electrons. The molecule has 16 heavy (non-hydrogen) atoms. The van der Waals surface area contributed by atoms with Crippen molar-refractivity contribution in [2.75, 3.05) is 6.61 Å². The molecule has 0 bridgehead atoms. The summed E-state index contributed by atoms with van der Waals surface area (Å²) in [6.07, 6.45) is 2.82. The molecule has 1 atom stereocenters. The van der Waals surface area contributed by atoms with Crippen LogP contribution in [-0.4, -0.2) is 23.7 Å². The van der Waals surface area contributed by atoms with Crippen LogP contribution in [0.3, 0.4) is 0 Å². The highest BCUT2D eigenvalue weighted by molar-refractivity contribution is 5.79. The molecule has 0 amide bonds. The Labute approximate surface area is 96.0 Å². The Hall–Kier alpha value is -1.06. The Kier molecular flexibility index (Phi) is 4.33. The predicted octanol–water partition coefficient (Wildman–Crippen LogP) is 2.22. The van der Waals surface area contributed by atoms with E-state index in [1.807, 2.05) is 0 Å². The zero-order valence-electron chi connectivity index (χ0n) is 9.99. The average molecular weight is 228 g/mol. The van der Waals surface area contributed by atoms with E-state index in [1.54, 1.807) is 0 Å². The third-order valence-electron chi connectivity index (χ3n) is 3.26. The van der Waals surface area contributed by atoms with Crippen LogP contribution in [0.4, 0.5) is 0 Å². The van der Waals surface area contributed by atoms with Crippen LogP contribution in [0.1, 0.15) is 46.0 Å². The summed E-state index contributed by atoms with van der Waals surface area (Å²) in [6.45, 7) is 4.65. The van der Waals surface area contributed by atoms with Crippen LogP contribution in [0.5, 0.6) is 0 Å². The number of carbonyl (C=O) groups excluding carboxylic acids is 1. The lowest BCUT2D eigenvalue weighted by Crippen LogP contribution is -2.28. The molecule has 4 heteroatoms. The third kappa shape index (κ3) is 3.22. The number of carboxylic acid groups (broad SMARTS) is 1. The fourth-order valence-corrected chi connectivity index (χ4v) is 2.08. The molecule has 0 aromatic rings. The van der Waals surface area contributed by atoms with Crippen LogP contribution in [0.15, 0.2) is 0 Å². The highest BCUT2D eigenvalue weighted by Gasteiger charge is 2.43. The van der Waals surface area contributed by atoms with Gasteiger partial charge in [-0.3, -0.25) is 9.59 Å². The molecule has 1 fully saturated rings. The van der Waals surface area contributed by atoms with Crippen molar-refractivity contribution in [3.05, 3.63) is 0 Å². The molecule has 1 heterocycles. The molecule has 0 aromatic heterocycles. The first-order valence-electron chi connectivity index (χ1n) is 5.85. The lowest BCUT2D eigenvalue weighted by Gasteiger charge is -2.24. The summed E-state index contributed by atoms with van der Waals surface area (Å²) in [5, 5.41) is 8.70. The Morgan fingerprint density at radius 1 is 1.50 bits per heavy atom. The average Bonchev–Trinajstić information content (AvgIpc) is 2.55. The Bertz CT molecular complexity index is 272. The summed E-state index contributed by atoms with van der Waals surface area (Å²) in [5.41, 5.74) is -0.525. The standard InChI is InChI=1S/C12H20O4/c1-9(2)3-5-12(6-4-10(13)14)7-8-16-11(12)15/h9H,3-8H2,1-2H3,(H,13,14). The van der Waals surface area contributed by atoms with Gasteiger partial charge in [0.25, 0.3) is 0 Å². The highest BCUT2D eigenvalue weighted by atomic mass is 16.5. The molecular formula is C12H20O4. The smallest absolute Gasteiger partial charge is 0.312 e. The summed E-state index contributed by atoms with van der Waals surface area (Å²) in [4.78, 5) is 22.3. The Balaban J connectivity index is 2.61. The van der Waals surface area contributed by atoms with E-state index < -0.39 is 11.4 Å². The topological polar surface area (TPSA) is 63.6 Å². The SMILES string of the molecule is CC(C)CCC1(CCC(=O)O)CCOC1=O. The highest BCUT2D eigenvalue weighted by Crippen LogP contribution is 2.40. The van der Waals surface area contributed by atoms with Crippen molar-refractivity contribution in [1.29, 1.82) is 0 Å². The van der Waals surface area contributed by atoms with Crippen molar-refractivity contribution < 1.29 is 19.4 Å². The number of carboxylic acids is 1. The van der Waals surface area contributed by atoms with Gasteiger partial charge in [-0.1, -0.05) is 13.8 Å². The van der Waals surface area contributed by atoms with Crippen LogP contribution in [0, 0.1) is 11.3 Å². The molecule has 0 spiro atoms. The maximum Gasteiger partial charge on any atom is 0.312 e. The van der Waals surface area contributed by atoms with Gasteiger partial charge >= 0.3 is 11.9 Å². The van der Waals surface area contributed by atoms with Crippen LogP contribution in [0.2, 0.25) is 0 Å². The van der Waals surface area contributed by atoms with Gasteiger partial charge in [-0.15, -0.1) is 0 Å². The first-order valence-corrected chi connectivity index (χ1v) is 5.85. The molecule has 1 N–H and O–H groups in total. The van der Waals surface area contributed by atoms with E-state index in [2.05, 4.69) is 13.8 Å². The normalized spacial score (nSPS) is 24.8. The quantitative estimate of drug-likeness (QED) is 0.708. The summed E-state index contributed by atoms with van der Waals surface area (Å²) in [5.74, 6) is -0.520. The molecule has 0 aromatic carbocycles. The summed E-state index contributed by atoms with van der Waals surface area (Å²) in [6, 6.07) is 0. The van der Waals surface area contributed by atoms with Gasteiger partial charge in [0.2, 0.25) is 0 Å². The van der Waals surface area contributed by atoms with E-state index >= 15 is 0 Å². The van der Waals surface area contributed by atoms with Crippen LogP contribution in [0.25, 0.3) is 0 Å². The van der Waals surface area contributed by atoms with E-state index in [1.165, 1.54) is 0 Å². The summed E-state index contributed by atoms with van der Waals surface area (Å²) in [7, 11) is 0. The molecule has 1 rings (SSSR count). The number of ether oxygens (including phenoxy) is 1. The van der Waals surface area contributed by atoms with Crippen molar-refractivity contribution >= 4 is 11.9 Å². The number of cyclic esters (lactones) is 1. The van der Waals surface area contributed by atoms with Crippen molar-refractivity contribution in [1.82, 2.24) is 0 Å².